The number of thiazole rings is 1. The van der Waals surface area contributed by atoms with Crippen molar-refractivity contribution in [2.24, 2.45) is 5.92 Å². The first-order valence-corrected chi connectivity index (χ1v) is 9.15. The van der Waals surface area contributed by atoms with Gasteiger partial charge in [-0.3, -0.25) is 9.80 Å². The molecule has 1 atom stereocenters. The van der Waals surface area contributed by atoms with Crippen LogP contribution in [0.5, 0.6) is 0 Å². The van der Waals surface area contributed by atoms with Crippen LogP contribution in [-0.4, -0.2) is 63.7 Å². The fourth-order valence-electron chi connectivity index (χ4n) is 3.53. The predicted octanol–water partition coefficient (Wildman–Crippen LogP) is 1.30. The molecule has 0 aliphatic carbocycles. The molecule has 2 aliphatic rings. The maximum absolute atomic E-state index is 5.47. The molecular weight excluding hydrogens is 310 g/mol. The molecule has 124 valence electrons. The maximum Gasteiger partial charge on any atom is 0.122 e. The minimum absolute atomic E-state index is 0.614. The molecule has 1 fully saturated rings. The number of hydrogen-bond acceptors (Lipinski definition) is 6. The summed E-state index contributed by atoms with van der Waals surface area (Å²) in [5.74, 6) is 1.79. The van der Waals surface area contributed by atoms with Gasteiger partial charge in [0.15, 0.2) is 0 Å². The molecule has 0 amide bonds. The highest BCUT2D eigenvalue weighted by molar-refractivity contribution is 7.09. The number of imidazole rings is 1. The topological polar surface area (TPSA) is 46.4 Å². The molecule has 0 bridgehead atoms. The Labute approximate surface area is 140 Å². The molecule has 0 N–H and O–H groups in total. The summed E-state index contributed by atoms with van der Waals surface area (Å²) in [6.07, 6.45) is 5.94. The fraction of sp³-hybridized carbons (Fsp3) is 0.625. The number of fused-ring (bicyclic) bond motifs is 1. The molecule has 0 unspecified atom stereocenters. The lowest BCUT2D eigenvalue weighted by molar-refractivity contribution is 0.0265. The van der Waals surface area contributed by atoms with Crippen LogP contribution in [0.25, 0.3) is 0 Å². The summed E-state index contributed by atoms with van der Waals surface area (Å²) in [5.41, 5.74) is 0. The van der Waals surface area contributed by atoms with E-state index in [9.17, 15) is 0 Å². The van der Waals surface area contributed by atoms with E-state index < -0.39 is 0 Å². The Morgan fingerprint density at radius 2 is 2.04 bits per heavy atom. The van der Waals surface area contributed by atoms with Crippen molar-refractivity contribution in [3.05, 3.63) is 34.8 Å². The van der Waals surface area contributed by atoms with Crippen LogP contribution in [0.1, 0.15) is 10.8 Å². The second-order valence-electron chi connectivity index (χ2n) is 6.37. The van der Waals surface area contributed by atoms with Crippen molar-refractivity contribution in [3.8, 4) is 0 Å². The molecule has 2 aromatic heterocycles. The van der Waals surface area contributed by atoms with Crippen molar-refractivity contribution in [1.82, 2.24) is 24.3 Å². The van der Waals surface area contributed by atoms with Crippen LogP contribution < -0.4 is 0 Å². The molecule has 0 saturated carbocycles. The number of morpholine rings is 1. The average Bonchev–Trinajstić information content (AvgIpc) is 3.18. The number of aromatic nitrogens is 3. The Bertz CT molecular complexity index is 608. The summed E-state index contributed by atoms with van der Waals surface area (Å²) >= 11 is 1.74. The zero-order valence-corrected chi connectivity index (χ0v) is 14.1. The molecule has 2 aromatic rings. The van der Waals surface area contributed by atoms with E-state index in [-0.39, 0.29) is 0 Å². The van der Waals surface area contributed by atoms with Gasteiger partial charge in [0.05, 0.1) is 26.3 Å². The maximum atomic E-state index is 5.47. The van der Waals surface area contributed by atoms with Crippen molar-refractivity contribution in [3.63, 3.8) is 0 Å². The Kier molecular flexibility index (Phi) is 4.70. The largest absolute Gasteiger partial charge is 0.379 e. The second kappa shape index (κ2) is 7.09. The quantitative estimate of drug-likeness (QED) is 0.844. The van der Waals surface area contributed by atoms with Gasteiger partial charge >= 0.3 is 0 Å². The molecule has 0 aromatic carbocycles. The van der Waals surface area contributed by atoms with E-state index in [1.54, 1.807) is 11.3 Å². The highest BCUT2D eigenvalue weighted by Gasteiger charge is 2.25. The second-order valence-corrected chi connectivity index (χ2v) is 7.35. The SMILES string of the molecule is c1csc(CN2Cc3nccn3C[C@H](CN3CCOCC3)C2)n1. The normalized spacial score (nSPS) is 23.6. The lowest BCUT2D eigenvalue weighted by Gasteiger charge is -2.31. The van der Waals surface area contributed by atoms with Crippen molar-refractivity contribution in [1.29, 1.82) is 0 Å². The molecule has 0 spiro atoms. The van der Waals surface area contributed by atoms with Crippen molar-refractivity contribution >= 4 is 11.3 Å². The van der Waals surface area contributed by atoms with Crippen LogP contribution in [0.15, 0.2) is 24.0 Å². The molecule has 23 heavy (non-hydrogen) atoms. The molecule has 1 saturated heterocycles. The van der Waals surface area contributed by atoms with Crippen LogP contribution in [0.2, 0.25) is 0 Å². The summed E-state index contributed by atoms with van der Waals surface area (Å²) < 4.78 is 7.80. The zero-order valence-electron chi connectivity index (χ0n) is 13.3. The van der Waals surface area contributed by atoms with E-state index in [1.165, 1.54) is 10.8 Å². The minimum Gasteiger partial charge on any atom is -0.379 e. The Balaban J connectivity index is 1.47. The lowest BCUT2D eigenvalue weighted by Crippen LogP contribution is -2.42. The van der Waals surface area contributed by atoms with Crippen molar-refractivity contribution in [2.45, 2.75) is 19.6 Å². The number of nitrogens with zero attached hydrogens (tertiary/aromatic N) is 5. The first kappa shape index (κ1) is 15.3. The molecule has 0 radical (unpaired) electrons. The van der Waals surface area contributed by atoms with E-state index in [0.717, 1.165) is 59.0 Å². The standard InChI is InChI=1S/C16H23N5OS/c1-3-21-11-14(9-19-4-6-22-7-5-19)10-20(12-15(21)17-1)13-16-18-2-8-23-16/h1-3,8,14H,4-7,9-13H2/t14-/m1/s1. The smallest absolute Gasteiger partial charge is 0.122 e. The van der Waals surface area contributed by atoms with E-state index in [2.05, 4.69) is 35.9 Å². The number of rotatable bonds is 4. The van der Waals surface area contributed by atoms with Gasteiger partial charge in [0.2, 0.25) is 0 Å². The van der Waals surface area contributed by atoms with Gasteiger partial charge in [-0.25, -0.2) is 9.97 Å². The van der Waals surface area contributed by atoms with E-state index in [0.29, 0.717) is 5.92 Å². The summed E-state index contributed by atoms with van der Waals surface area (Å²) in [4.78, 5) is 14.0. The third-order valence-electron chi connectivity index (χ3n) is 4.60. The first-order valence-electron chi connectivity index (χ1n) is 8.27. The van der Waals surface area contributed by atoms with Gasteiger partial charge in [-0.05, 0) is 0 Å². The van der Waals surface area contributed by atoms with Crippen LogP contribution in [-0.2, 0) is 24.4 Å². The monoisotopic (exact) mass is 333 g/mol. The van der Waals surface area contributed by atoms with Gasteiger partial charge in [0.25, 0.3) is 0 Å². The number of ether oxygens (including phenoxy) is 1. The van der Waals surface area contributed by atoms with Gasteiger partial charge < -0.3 is 9.30 Å². The Morgan fingerprint density at radius 3 is 2.87 bits per heavy atom. The molecule has 4 heterocycles. The summed E-state index contributed by atoms with van der Waals surface area (Å²) in [7, 11) is 0. The summed E-state index contributed by atoms with van der Waals surface area (Å²) in [6.45, 7) is 8.96. The van der Waals surface area contributed by atoms with Gasteiger partial charge in [0, 0.05) is 62.6 Å². The third kappa shape index (κ3) is 3.80. The van der Waals surface area contributed by atoms with Gasteiger partial charge in [0.1, 0.15) is 10.8 Å². The van der Waals surface area contributed by atoms with E-state index in [4.69, 9.17) is 4.74 Å². The van der Waals surface area contributed by atoms with Crippen molar-refractivity contribution in [2.75, 3.05) is 39.4 Å². The van der Waals surface area contributed by atoms with Crippen LogP contribution in [0.3, 0.4) is 0 Å². The zero-order chi connectivity index (χ0) is 15.5. The van der Waals surface area contributed by atoms with Crippen LogP contribution >= 0.6 is 11.3 Å². The van der Waals surface area contributed by atoms with Gasteiger partial charge in [-0.15, -0.1) is 11.3 Å². The van der Waals surface area contributed by atoms with Crippen molar-refractivity contribution < 1.29 is 4.74 Å². The fourth-order valence-corrected chi connectivity index (χ4v) is 4.19. The predicted molar refractivity (Wildman–Crippen MR) is 89.2 cm³/mol. The van der Waals surface area contributed by atoms with Gasteiger partial charge in [-0.2, -0.15) is 0 Å². The lowest BCUT2D eigenvalue weighted by atomic mass is 10.1. The Hall–Kier alpha value is -1.28. The van der Waals surface area contributed by atoms with Gasteiger partial charge in [-0.1, -0.05) is 0 Å². The highest BCUT2D eigenvalue weighted by atomic mass is 32.1. The molecule has 4 rings (SSSR count). The van der Waals surface area contributed by atoms with Crippen LogP contribution in [0, 0.1) is 5.92 Å². The minimum atomic E-state index is 0.614. The molecule has 6 nitrogen and oxygen atoms in total. The summed E-state index contributed by atoms with van der Waals surface area (Å²) in [6, 6.07) is 0. The average molecular weight is 333 g/mol. The molecule has 2 aliphatic heterocycles. The molecule has 7 heteroatoms. The summed E-state index contributed by atoms with van der Waals surface area (Å²) in [5, 5.41) is 3.24. The number of hydrogen-bond donors (Lipinski definition) is 0. The van der Waals surface area contributed by atoms with E-state index in [1.807, 2.05) is 12.4 Å². The third-order valence-corrected chi connectivity index (χ3v) is 5.36. The first-order chi connectivity index (χ1) is 11.4. The van der Waals surface area contributed by atoms with E-state index >= 15 is 0 Å². The highest BCUT2D eigenvalue weighted by Crippen LogP contribution is 2.19. The molecular formula is C16H23N5OS. The van der Waals surface area contributed by atoms with Crippen LogP contribution in [0.4, 0.5) is 0 Å². The Morgan fingerprint density at radius 1 is 1.13 bits per heavy atom.